The van der Waals surface area contributed by atoms with Crippen molar-refractivity contribution in [3.05, 3.63) is 83.6 Å². The number of carboxylic acid groups (broad SMARTS) is 1. The Hall–Kier alpha value is -6.36. The maximum absolute atomic E-state index is 13.9. The first-order chi connectivity index (χ1) is 28.8. The summed E-state index contributed by atoms with van der Waals surface area (Å²) in [6.45, 7) is 7.60. The minimum atomic E-state index is -1.12. The van der Waals surface area contributed by atoms with Crippen molar-refractivity contribution in [3.63, 3.8) is 0 Å². The Balaban J connectivity index is 0.894. The predicted octanol–water partition coefficient (Wildman–Crippen LogP) is 6.84. The van der Waals surface area contributed by atoms with Crippen LogP contribution in [0.25, 0.3) is 33.1 Å². The minimum absolute atomic E-state index is 0.106. The lowest BCUT2D eigenvalue weighted by Crippen LogP contribution is -2.52. The van der Waals surface area contributed by atoms with Crippen LogP contribution in [0, 0.1) is 35.5 Å². The molecule has 4 aliphatic rings. The zero-order valence-electron chi connectivity index (χ0n) is 34.6. The van der Waals surface area contributed by atoms with E-state index in [-0.39, 0.29) is 47.8 Å². The number of piperidine rings is 2. The molecule has 2 saturated carbocycles. The normalized spacial score (nSPS) is 23.5. The maximum Gasteiger partial charge on any atom is 0.407 e. The zero-order chi connectivity index (χ0) is 42.1. The van der Waals surface area contributed by atoms with Crippen molar-refractivity contribution in [3.8, 4) is 23.1 Å². The number of carbonyl (C=O) groups is 4. The van der Waals surface area contributed by atoms with Gasteiger partial charge in [0.1, 0.15) is 23.7 Å². The van der Waals surface area contributed by atoms with E-state index >= 15 is 0 Å². The highest BCUT2D eigenvalue weighted by Crippen LogP contribution is 2.54. The van der Waals surface area contributed by atoms with Gasteiger partial charge in [0.15, 0.2) is 0 Å². The lowest BCUT2D eigenvalue weighted by molar-refractivity contribution is -0.140. The fourth-order valence-electron chi connectivity index (χ4n) is 9.65. The van der Waals surface area contributed by atoms with Gasteiger partial charge in [0.25, 0.3) is 0 Å². The number of likely N-dealkylation sites (N-methyl/N-ethyl adjacent to an activating group) is 1. The van der Waals surface area contributed by atoms with Crippen molar-refractivity contribution < 1.29 is 29.0 Å². The third kappa shape index (κ3) is 6.99. The largest absolute Gasteiger partial charge is 0.465 e. The highest BCUT2D eigenvalue weighted by atomic mass is 16.5. The Kier molecular flexibility index (Phi) is 9.80. The molecule has 2 aliphatic carbocycles. The SMILES string of the molecule is COC(=O)N[C@H](C(=O)N1[C@@H]2C[C@@H]2C[C@H]1c1nc2c(ccc3cc(C#Cc4ccc(-c5cnc([C@@H]6C[C@H]7C[C@H]7N6C(=O)[C@H](C(C)C)N(C)C(=O)O)[nH]5)cc4)ccc32)[nH]1)C(C)C. The van der Waals surface area contributed by atoms with E-state index in [1.54, 1.807) is 6.20 Å². The van der Waals surface area contributed by atoms with Crippen molar-refractivity contribution in [1.82, 2.24) is 40.0 Å². The van der Waals surface area contributed by atoms with Crippen molar-refractivity contribution in [2.45, 2.75) is 89.6 Å². The molecule has 4 amide bonds. The standard InChI is InChI=1S/C46H50N8O6/c1-23(2)38(51-45(57)60-6)43(55)53-34-18-30(34)21-37(53)42-48-32-16-14-28-17-26(11-15-31(28)39(32)50-42)8-7-25-9-12-27(13-10-25)33-22-47-41(49-33)36-20-29-19-35(29)54(36)44(56)40(24(3)4)52(5)46(58)59/h9-17,22-24,29-30,34-38,40H,18-21H2,1-6H3,(H,47,49)(H,48,50)(H,51,57)(H,58,59)/t29-,30-,34-,35-,36+,37+,38+,40+/m1/s1. The van der Waals surface area contributed by atoms with E-state index < -0.39 is 24.3 Å². The molecular weight excluding hydrogens is 761 g/mol. The van der Waals surface area contributed by atoms with Gasteiger partial charge >= 0.3 is 12.2 Å². The van der Waals surface area contributed by atoms with E-state index in [0.717, 1.165) is 80.6 Å². The quantitative estimate of drug-likeness (QED) is 0.117. The molecule has 2 aromatic heterocycles. The highest BCUT2D eigenvalue weighted by Gasteiger charge is 2.57. The first-order valence-corrected chi connectivity index (χ1v) is 20.9. The highest BCUT2D eigenvalue weighted by molar-refractivity contribution is 6.04. The summed E-state index contributed by atoms with van der Waals surface area (Å²) >= 11 is 0. The molecule has 0 spiro atoms. The van der Waals surface area contributed by atoms with Crippen LogP contribution in [0.15, 0.2) is 60.8 Å². The van der Waals surface area contributed by atoms with E-state index in [9.17, 15) is 24.3 Å². The van der Waals surface area contributed by atoms with Gasteiger partial charge in [-0.2, -0.15) is 0 Å². The molecule has 3 aromatic carbocycles. The summed E-state index contributed by atoms with van der Waals surface area (Å²) in [6.07, 6.45) is 3.61. The van der Waals surface area contributed by atoms with Gasteiger partial charge in [-0.3, -0.25) is 14.5 Å². The van der Waals surface area contributed by atoms with Crippen LogP contribution >= 0.6 is 0 Å². The van der Waals surface area contributed by atoms with Gasteiger partial charge in [-0.25, -0.2) is 19.6 Å². The Morgan fingerprint density at radius 1 is 0.833 bits per heavy atom. The number of methoxy groups -OCH3 is 1. The third-order valence-electron chi connectivity index (χ3n) is 13.0. The molecule has 5 aromatic rings. The summed E-state index contributed by atoms with van der Waals surface area (Å²) < 4.78 is 4.81. The number of hydrogen-bond acceptors (Lipinski definition) is 7. The van der Waals surface area contributed by atoms with Gasteiger partial charge in [-0.05, 0) is 90.6 Å². The molecule has 4 fully saturated rings. The van der Waals surface area contributed by atoms with Gasteiger partial charge in [0, 0.05) is 35.6 Å². The predicted molar refractivity (Wildman–Crippen MR) is 224 cm³/mol. The zero-order valence-corrected chi connectivity index (χ0v) is 34.6. The number of benzene rings is 3. The minimum Gasteiger partial charge on any atom is -0.465 e. The van der Waals surface area contributed by atoms with Crippen LogP contribution in [-0.2, 0) is 14.3 Å². The number of rotatable bonds is 9. The van der Waals surface area contributed by atoms with Crippen LogP contribution in [0.5, 0.6) is 0 Å². The smallest absolute Gasteiger partial charge is 0.407 e. The van der Waals surface area contributed by atoms with Crippen molar-refractivity contribution in [2.75, 3.05) is 14.2 Å². The number of carbonyl (C=O) groups excluding carboxylic acids is 3. The number of aromatic amines is 2. The van der Waals surface area contributed by atoms with E-state index in [4.69, 9.17) is 14.7 Å². The molecule has 0 radical (unpaired) electrons. The Morgan fingerprint density at radius 3 is 2.13 bits per heavy atom. The maximum atomic E-state index is 13.9. The Labute approximate surface area is 348 Å². The number of nitrogens with one attached hydrogen (secondary N) is 3. The molecule has 60 heavy (non-hydrogen) atoms. The van der Waals surface area contributed by atoms with Crippen LogP contribution in [-0.4, -0.2) is 102 Å². The second kappa shape index (κ2) is 15.0. The monoisotopic (exact) mass is 810 g/mol. The molecule has 4 heterocycles. The van der Waals surface area contributed by atoms with Gasteiger partial charge in [-0.1, -0.05) is 63.8 Å². The van der Waals surface area contributed by atoms with Crippen molar-refractivity contribution >= 4 is 45.8 Å². The van der Waals surface area contributed by atoms with E-state index in [2.05, 4.69) is 39.3 Å². The van der Waals surface area contributed by atoms with E-state index in [1.807, 2.05) is 80.0 Å². The first-order valence-electron chi connectivity index (χ1n) is 20.9. The van der Waals surface area contributed by atoms with Gasteiger partial charge in [0.05, 0.1) is 42.1 Å². The second-order valence-electron chi connectivity index (χ2n) is 17.6. The van der Waals surface area contributed by atoms with E-state index in [0.29, 0.717) is 17.7 Å². The fourth-order valence-corrected chi connectivity index (χ4v) is 9.65. The lowest BCUT2D eigenvalue weighted by atomic mass is 10.0. The number of fused-ring (bicyclic) bond motifs is 5. The molecule has 310 valence electrons. The fraction of sp³-hybridized carbons (Fsp3) is 0.435. The molecule has 14 nitrogen and oxygen atoms in total. The number of likely N-dealkylation sites (tertiary alicyclic amines) is 2. The summed E-state index contributed by atoms with van der Waals surface area (Å²) in [5.74, 6) is 8.38. The topological polar surface area (TPSA) is 177 Å². The van der Waals surface area contributed by atoms with Crippen LogP contribution < -0.4 is 5.32 Å². The average Bonchev–Trinajstić information content (AvgIpc) is 3.85. The molecule has 4 N–H and O–H groups in total. The molecule has 14 heteroatoms. The molecule has 2 aliphatic heterocycles. The number of H-pyrrole nitrogens is 2. The van der Waals surface area contributed by atoms with Crippen LogP contribution in [0.4, 0.5) is 9.59 Å². The number of imidazole rings is 2. The molecular formula is C46H50N8O6. The van der Waals surface area contributed by atoms with E-state index in [1.165, 1.54) is 14.2 Å². The van der Waals surface area contributed by atoms with Crippen LogP contribution in [0.1, 0.15) is 88.2 Å². The summed E-state index contributed by atoms with van der Waals surface area (Å²) in [6, 6.07) is 16.5. The summed E-state index contributed by atoms with van der Waals surface area (Å²) in [5.41, 5.74) is 5.25. The van der Waals surface area contributed by atoms with Crippen LogP contribution in [0.3, 0.4) is 0 Å². The second-order valence-corrected chi connectivity index (χ2v) is 17.6. The Morgan fingerprint density at radius 2 is 1.48 bits per heavy atom. The summed E-state index contributed by atoms with van der Waals surface area (Å²) in [7, 11) is 2.76. The molecule has 0 bridgehead atoms. The lowest BCUT2D eigenvalue weighted by Gasteiger charge is -2.35. The first kappa shape index (κ1) is 39.1. The molecule has 8 atom stereocenters. The molecule has 0 unspecified atom stereocenters. The van der Waals surface area contributed by atoms with Gasteiger partial charge < -0.3 is 34.9 Å². The molecule has 2 saturated heterocycles. The third-order valence-corrected chi connectivity index (χ3v) is 13.0. The number of nitrogens with zero attached hydrogens (tertiary/aromatic N) is 5. The van der Waals surface area contributed by atoms with Gasteiger partial charge in [-0.15, -0.1) is 0 Å². The van der Waals surface area contributed by atoms with Crippen LogP contribution in [0.2, 0.25) is 0 Å². The number of aromatic nitrogens is 4. The average molecular weight is 811 g/mol. The number of hydrogen-bond donors (Lipinski definition) is 4. The Bertz CT molecular complexity index is 2590. The summed E-state index contributed by atoms with van der Waals surface area (Å²) in [5, 5.41) is 14.4. The number of ether oxygens (including phenoxy) is 1. The molecule has 9 rings (SSSR count). The number of alkyl carbamates (subject to hydrolysis) is 1. The summed E-state index contributed by atoms with van der Waals surface area (Å²) in [4.78, 5) is 73.3. The van der Waals surface area contributed by atoms with Crippen molar-refractivity contribution in [2.24, 2.45) is 23.7 Å². The van der Waals surface area contributed by atoms with Crippen molar-refractivity contribution in [1.29, 1.82) is 0 Å². The van der Waals surface area contributed by atoms with Gasteiger partial charge in [0.2, 0.25) is 11.8 Å². The number of amides is 4.